The van der Waals surface area contributed by atoms with Crippen molar-refractivity contribution in [2.24, 2.45) is 0 Å². The summed E-state index contributed by atoms with van der Waals surface area (Å²) in [6, 6.07) is 4.43. The van der Waals surface area contributed by atoms with E-state index >= 15 is 0 Å². The highest BCUT2D eigenvalue weighted by Crippen LogP contribution is 2.20. The maximum Gasteiger partial charge on any atom is 0.172 e. The van der Waals surface area contributed by atoms with Crippen LogP contribution in [-0.4, -0.2) is 32.1 Å². The molecule has 1 aromatic rings. The Bertz CT molecular complexity index is 397. The number of benzene rings is 1. The molecule has 1 rings (SSSR count). The lowest BCUT2D eigenvalue weighted by atomic mass is 10.0. The van der Waals surface area contributed by atoms with Gasteiger partial charge in [0.25, 0.3) is 0 Å². The molecule has 0 amide bonds. The highest BCUT2D eigenvalue weighted by atomic mass is 35.5. The first-order valence-electron chi connectivity index (χ1n) is 7.02. The number of hydrogen-bond acceptors (Lipinski definition) is 3. The van der Waals surface area contributed by atoms with E-state index in [0.29, 0.717) is 24.7 Å². The van der Waals surface area contributed by atoms with Gasteiger partial charge in [-0.1, -0.05) is 24.6 Å². The molecule has 3 nitrogen and oxygen atoms in total. The lowest BCUT2D eigenvalue weighted by Crippen LogP contribution is -2.44. The Balaban J connectivity index is 2.83. The average molecular weight is 304 g/mol. The van der Waals surface area contributed by atoms with E-state index in [4.69, 9.17) is 21.1 Å². The van der Waals surface area contributed by atoms with E-state index in [-0.39, 0.29) is 18.1 Å². The molecule has 1 aromatic carbocycles. The first-order valence-corrected chi connectivity index (χ1v) is 7.40. The molecule has 20 heavy (non-hydrogen) atoms. The molecular formula is C15H23ClFNO2. The second kappa shape index (κ2) is 9.29. The van der Waals surface area contributed by atoms with Gasteiger partial charge in [0.2, 0.25) is 0 Å². The maximum absolute atomic E-state index is 13.1. The summed E-state index contributed by atoms with van der Waals surface area (Å²) in [6.07, 6.45) is 0.281. The zero-order chi connectivity index (χ0) is 15.0. The van der Waals surface area contributed by atoms with Crippen LogP contribution in [0, 0.1) is 5.82 Å². The Morgan fingerprint density at radius 1 is 1.20 bits per heavy atom. The van der Waals surface area contributed by atoms with Crippen LogP contribution in [0.2, 0.25) is 5.02 Å². The minimum Gasteiger partial charge on any atom is -0.351 e. The van der Waals surface area contributed by atoms with E-state index in [0.717, 1.165) is 12.1 Å². The van der Waals surface area contributed by atoms with Crippen molar-refractivity contribution in [3.05, 3.63) is 34.6 Å². The molecular weight excluding hydrogens is 281 g/mol. The second-order valence-electron chi connectivity index (χ2n) is 4.38. The van der Waals surface area contributed by atoms with Gasteiger partial charge in [0, 0.05) is 18.2 Å². The molecule has 0 aliphatic heterocycles. The van der Waals surface area contributed by atoms with Gasteiger partial charge in [0.05, 0.1) is 6.04 Å². The normalized spacial score (nSPS) is 12.9. The number of hydrogen-bond donors (Lipinski definition) is 1. The fourth-order valence-electron chi connectivity index (χ4n) is 2.06. The van der Waals surface area contributed by atoms with E-state index in [2.05, 4.69) is 5.32 Å². The summed E-state index contributed by atoms with van der Waals surface area (Å²) in [5, 5.41) is 3.77. The predicted molar refractivity (Wildman–Crippen MR) is 79.6 cm³/mol. The zero-order valence-corrected chi connectivity index (χ0v) is 13.0. The molecule has 5 heteroatoms. The van der Waals surface area contributed by atoms with E-state index in [9.17, 15) is 4.39 Å². The molecule has 0 radical (unpaired) electrons. The molecule has 0 aromatic heterocycles. The van der Waals surface area contributed by atoms with Crippen molar-refractivity contribution in [3.8, 4) is 0 Å². The van der Waals surface area contributed by atoms with Crippen LogP contribution in [0.3, 0.4) is 0 Å². The summed E-state index contributed by atoms with van der Waals surface area (Å²) in [5.41, 5.74) is 0.878. The van der Waals surface area contributed by atoms with Gasteiger partial charge in [-0.3, -0.25) is 0 Å². The number of rotatable bonds is 9. The Morgan fingerprint density at radius 2 is 1.85 bits per heavy atom. The second-order valence-corrected chi connectivity index (χ2v) is 4.79. The number of nitrogens with one attached hydrogen (secondary N) is 1. The molecule has 0 bridgehead atoms. The molecule has 1 atom stereocenters. The zero-order valence-electron chi connectivity index (χ0n) is 12.3. The third-order valence-electron chi connectivity index (χ3n) is 2.91. The highest BCUT2D eigenvalue weighted by Gasteiger charge is 2.22. The smallest absolute Gasteiger partial charge is 0.172 e. The van der Waals surface area contributed by atoms with Crippen LogP contribution < -0.4 is 5.32 Å². The third-order valence-corrected chi connectivity index (χ3v) is 3.26. The Morgan fingerprint density at radius 3 is 2.35 bits per heavy atom. The van der Waals surface area contributed by atoms with Crippen LogP contribution >= 0.6 is 11.6 Å². The fourth-order valence-corrected chi connectivity index (χ4v) is 2.30. The lowest BCUT2D eigenvalue weighted by molar-refractivity contribution is -0.153. The summed E-state index contributed by atoms with van der Waals surface area (Å²) >= 11 is 6.08. The predicted octanol–water partition coefficient (Wildman–Crippen LogP) is 3.40. The van der Waals surface area contributed by atoms with E-state index in [1.165, 1.54) is 12.1 Å². The summed E-state index contributed by atoms with van der Waals surface area (Å²) in [4.78, 5) is 0. The van der Waals surface area contributed by atoms with Crippen molar-refractivity contribution >= 4 is 11.6 Å². The van der Waals surface area contributed by atoms with Crippen molar-refractivity contribution in [2.75, 3.05) is 19.8 Å². The first-order chi connectivity index (χ1) is 9.62. The Labute approximate surface area is 125 Å². The summed E-state index contributed by atoms with van der Waals surface area (Å²) < 4.78 is 24.3. The average Bonchev–Trinajstić information content (AvgIpc) is 2.41. The number of halogens is 2. The molecule has 0 spiro atoms. The monoisotopic (exact) mass is 303 g/mol. The molecule has 1 unspecified atom stereocenters. The van der Waals surface area contributed by atoms with Gasteiger partial charge in [-0.25, -0.2) is 4.39 Å². The van der Waals surface area contributed by atoms with Crippen LogP contribution in [0.5, 0.6) is 0 Å². The highest BCUT2D eigenvalue weighted by molar-refractivity contribution is 6.31. The molecule has 0 fully saturated rings. The van der Waals surface area contributed by atoms with E-state index < -0.39 is 0 Å². The molecule has 0 heterocycles. The molecule has 1 N–H and O–H groups in total. The van der Waals surface area contributed by atoms with Gasteiger partial charge >= 0.3 is 0 Å². The number of ether oxygens (including phenoxy) is 2. The van der Waals surface area contributed by atoms with Crippen molar-refractivity contribution in [2.45, 2.75) is 39.5 Å². The SMILES string of the molecule is CCNC(Cc1ccc(F)cc1Cl)C(OCC)OCC. The van der Waals surface area contributed by atoms with Crippen LogP contribution in [0.15, 0.2) is 18.2 Å². The van der Waals surface area contributed by atoms with Crippen LogP contribution in [0.1, 0.15) is 26.3 Å². The minimum atomic E-state index is -0.342. The molecule has 0 aliphatic carbocycles. The van der Waals surface area contributed by atoms with Gasteiger partial charge in [-0.15, -0.1) is 0 Å². The van der Waals surface area contributed by atoms with Gasteiger partial charge < -0.3 is 14.8 Å². The molecule has 0 saturated carbocycles. The quantitative estimate of drug-likeness (QED) is 0.709. The Hall–Kier alpha value is -0.680. The molecule has 0 aliphatic rings. The molecule has 114 valence electrons. The minimum absolute atomic E-state index is 0.0251. The van der Waals surface area contributed by atoms with Gasteiger partial charge in [-0.2, -0.15) is 0 Å². The van der Waals surface area contributed by atoms with E-state index in [1.807, 2.05) is 20.8 Å². The maximum atomic E-state index is 13.1. The first kappa shape index (κ1) is 17.4. The van der Waals surface area contributed by atoms with Gasteiger partial charge in [-0.05, 0) is 44.5 Å². The Kier molecular flexibility index (Phi) is 8.07. The standard InChI is InChI=1S/C15H23ClFNO2/c1-4-18-14(15(19-5-2)20-6-3)9-11-7-8-12(17)10-13(11)16/h7-8,10,14-15,18H,4-6,9H2,1-3H3. The fraction of sp³-hybridized carbons (Fsp3) is 0.600. The van der Waals surface area contributed by atoms with Crippen molar-refractivity contribution in [1.82, 2.24) is 5.32 Å². The molecule has 0 saturated heterocycles. The third kappa shape index (κ3) is 5.37. The lowest BCUT2D eigenvalue weighted by Gasteiger charge is -2.27. The number of likely N-dealkylation sites (N-methyl/N-ethyl adjacent to an activating group) is 1. The van der Waals surface area contributed by atoms with Crippen LogP contribution in [0.25, 0.3) is 0 Å². The van der Waals surface area contributed by atoms with Gasteiger partial charge in [0.1, 0.15) is 5.82 Å². The van der Waals surface area contributed by atoms with Crippen LogP contribution in [0.4, 0.5) is 4.39 Å². The summed E-state index contributed by atoms with van der Waals surface area (Å²) in [6.45, 7) is 7.82. The van der Waals surface area contributed by atoms with Crippen molar-refractivity contribution < 1.29 is 13.9 Å². The topological polar surface area (TPSA) is 30.5 Å². The largest absolute Gasteiger partial charge is 0.351 e. The van der Waals surface area contributed by atoms with Crippen molar-refractivity contribution in [1.29, 1.82) is 0 Å². The summed E-state index contributed by atoms with van der Waals surface area (Å²) in [7, 11) is 0. The van der Waals surface area contributed by atoms with Crippen molar-refractivity contribution in [3.63, 3.8) is 0 Å². The van der Waals surface area contributed by atoms with E-state index in [1.54, 1.807) is 6.07 Å². The summed E-state index contributed by atoms with van der Waals surface area (Å²) in [5.74, 6) is -0.329. The van der Waals surface area contributed by atoms with Gasteiger partial charge in [0.15, 0.2) is 6.29 Å². The van der Waals surface area contributed by atoms with Crippen LogP contribution in [-0.2, 0) is 15.9 Å².